The maximum Gasteiger partial charge on any atom is 0.328 e. The van der Waals surface area contributed by atoms with Crippen LogP contribution in [0, 0.1) is 5.92 Å². The molecule has 0 spiro atoms. The average Bonchev–Trinajstić information content (AvgIpc) is 3.73. The van der Waals surface area contributed by atoms with Gasteiger partial charge in [-0.2, -0.15) is 0 Å². The largest absolute Gasteiger partial charge is 0.495 e. The molecule has 3 heterocycles. The Labute approximate surface area is 286 Å². The lowest BCUT2D eigenvalue weighted by atomic mass is 9.78. The van der Waals surface area contributed by atoms with Gasteiger partial charge in [0.15, 0.2) is 0 Å². The van der Waals surface area contributed by atoms with Crippen molar-refractivity contribution < 1.29 is 48.0 Å². The summed E-state index contributed by atoms with van der Waals surface area (Å²) in [7, 11) is 6.02. The summed E-state index contributed by atoms with van der Waals surface area (Å²) in [6.07, 6.45) is 2.07. The molecule has 13 heteroatoms. The molecular formula is C35H47ClN2O10. The van der Waals surface area contributed by atoms with Gasteiger partial charge in [0.2, 0.25) is 11.8 Å². The predicted molar refractivity (Wildman–Crippen MR) is 178 cm³/mol. The number of rotatable bonds is 5. The van der Waals surface area contributed by atoms with Crippen molar-refractivity contribution in [2.75, 3.05) is 33.2 Å². The lowest BCUT2D eigenvalue weighted by Gasteiger charge is -2.41. The van der Waals surface area contributed by atoms with Crippen molar-refractivity contribution in [2.45, 2.75) is 102 Å². The molecule has 0 unspecified atom stereocenters. The minimum Gasteiger partial charge on any atom is -0.495 e. The first-order valence-corrected chi connectivity index (χ1v) is 16.4. The van der Waals surface area contributed by atoms with E-state index in [1.807, 2.05) is 19.9 Å². The Hall–Kier alpha value is -3.45. The number of benzene rings is 1. The van der Waals surface area contributed by atoms with E-state index in [1.54, 1.807) is 38.3 Å². The van der Waals surface area contributed by atoms with Gasteiger partial charge < -0.3 is 38.6 Å². The number of carbonyl (C=O) groups excluding carboxylic acids is 4. The second-order valence-corrected chi connectivity index (χ2v) is 13.7. The van der Waals surface area contributed by atoms with Crippen molar-refractivity contribution in [3.8, 4) is 5.75 Å². The fraction of sp³-hybridized carbons (Fsp3) is 0.600. The molecule has 4 bridgehead atoms. The van der Waals surface area contributed by atoms with Crippen LogP contribution in [0.4, 0.5) is 5.69 Å². The average molecular weight is 691 g/mol. The van der Waals surface area contributed by atoms with Gasteiger partial charge in [-0.3, -0.25) is 14.4 Å². The van der Waals surface area contributed by atoms with E-state index < -0.39 is 65.4 Å². The fourth-order valence-corrected chi connectivity index (χ4v) is 6.84. The van der Waals surface area contributed by atoms with Gasteiger partial charge in [0.1, 0.15) is 46.3 Å². The van der Waals surface area contributed by atoms with Crippen LogP contribution in [0.5, 0.6) is 5.75 Å². The number of hydrogen-bond acceptors (Lipinski definition) is 10. The maximum absolute atomic E-state index is 14.0. The van der Waals surface area contributed by atoms with E-state index in [2.05, 4.69) is 0 Å². The van der Waals surface area contributed by atoms with Gasteiger partial charge >= 0.3 is 11.9 Å². The highest BCUT2D eigenvalue weighted by Gasteiger charge is 2.64. The molecule has 12 nitrogen and oxygen atoms in total. The van der Waals surface area contributed by atoms with Crippen LogP contribution >= 0.6 is 11.6 Å². The molecule has 8 atom stereocenters. The number of nitrogens with zero attached hydrogens (tertiary/aromatic N) is 2. The van der Waals surface area contributed by atoms with E-state index in [4.69, 9.17) is 35.3 Å². The molecule has 2 fully saturated rings. The molecule has 0 radical (unpaired) electrons. The SMILES string of the molecule is COc1cc2cc(c1Cl)N(C)C(=O)C[C@@H](OC(=O)[C@@H](C)N(C)C(C)=O)[C@@]1(C)O[C@@H]1[C@@H](C)[C@H]1C[C@](O)(CC(=O)O1)[C@@H](OC)/C=C/C=C(\C)C2. The van der Waals surface area contributed by atoms with E-state index in [-0.39, 0.29) is 30.2 Å². The lowest BCUT2D eigenvalue weighted by Crippen LogP contribution is -2.53. The van der Waals surface area contributed by atoms with E-state index in [9.17, 15) is 24.3 Å². The Bertz CT molecular complexity index is 1500. The van der Waals surface area contributed by atoms with Crippen molar-refractivity contribution in [3.63, 3.8) is 0 Å². The molecule has 0 saturated carbocycles. The van der Waals surface area contributed by atoms with Crippen molar-refractivity contribution in [2.24, 2.45) is 5.92 Å². The third-order valence-corrected chi connectivity index (χ3v) is 10.3. The van der Waals surface area contributed by atoms with Gasteiger partial charge in [0.25, 0.3) is 0 Å². The quantitative estimate of drug-likeness (QED) is 0.358. The van der Waals surface area contributed by atoms with Crippen LogP contribution in [0.25, 0.3) is 0 Å². The highest BCUT2D eigenvalue weighted by atomic mass is 35.5. The number of allylic oxidation sites excluding steroid dienone is 3. The van der Waals surface area contributed by atoms with E-state index >= 15 is 0 Å². The van der Waals surface area contributed by atoms with Gasteiger partial charge in [-0.05, 0) is 44.9 Å². The summed E-state index contributed by atoms with van der Waals surface area (Å²) in [6, 6.07) is 2.66. The molecule has 0 aliphatic carbocycles. The summed E-state index contributed by atoms with van der Waals surface area (Å²) in [5, 5.41) is 12.0. The second-order valence-electron chi connectivity index (χ2n) is 13.3. The van der Waals surface area contributed by atoms with Crippen LogP contribution in [-0.2, 0) is 44.5 Å². The topological polar surface area (TPSA) is 144 Å². The Morgan fingerprint density at radius 1 is 1.23 bits per heavy atom. The van der Waals surface area contributed by atoms with Gasteiger partial charge in [0.05, 0.1) is 31.7 Å². The van der Waals surface area contributed by atoms with Crippen LogP contribution < -0.4 is 9.64 Å². The number of halogens is 1. The summed E-state index contributed by atoms with van der Waals surface area (Å²) in [4.78, 5) is 54.9. The highest BCUT2D eigenvalue weighted by Crippen LogP contribution is 2.49. The third-order valence-electron chi connectivity index (χ3n) is 9.89. The Morgan fingerprint density at radius 3 is 2.54 bits per heavy atom. The molecule has 1 N–H and O–H groups in total. The summed E-state index contributed by atoms with van der Waals surface area (Å²) in [5.74, 6) is -2.14. The third kappa shape index (κ3) is 7.72. The smallest absolute Gasteiger partial charge is 0.328 e. The number of hydrogen-bond donors (Lipinski definition) is 1. The van der Waals surface area contributed by atoms with E-state index in [0.717, 1.165) is 11.1 Å². The molecule has 1 aromatic rings. The normalized spacial score (nSPS) is 33.4. The number of aliphatic hydroxyl groups is 1. The summed E-state index contributed by atoms with van der Waals surface area (Å²) >= 11 is 6.72. The van der Waals surface area contributed by atoms with Crippen molar-refractivity contribution in [1.29, 1.82) is 0 Å². The lowest BCUT2D eigenvalue weighted by molar-refractivity contribution is -0.187. The fourth-order valence-electron chi connectivity index (χ4n) is 6.53. The van der Waals surface area contributed by atoms with Gasteiger partial charge in [0, 0.05) is 40.5 Å². The molecule has 4 rings (SSSR count). The zero-order valence-corrected chi connectivity index (χ0v) is 29.8. The highest BCUT2D eigenvalue weighted by molar-refractivity contribution is 6.35. The zero-order chi connectivity index (χ0) is 35.7. The molecule has 3 aliphatic rings. The van der Waals surface area contributed by atoms with Crippen molar-refractivity contribution in [3.05, 3.63) is 46.5 Å². The minimum atomic E-state index is -1.56. The van der Waals surface area contributed by atoms with E-state index in [0.29, 0.717) is 17.9 Å². The number of methoxy groups -OCH3 is 2. The summed E-state index contributed by atoms with van der Waals surface area (Å²) in [6.45, 7) is 8.36. The predicted octanol–water partition coefficient (Wildman–Crippen LogP) is 3.78. The molecule has 3 aliphatic heterocycles. The first kappa shape index (κ1) is 37.4. The van der Waals surface area contributed by atoms with Crippen molar-refractivity contribution in [1.82, 2.24) is 4.90 Å². The molecule has 1 aromatic carbocycles. The Balaban J connectivity index is 1.80. The van der Waals surface area contributed by atoms with Crippen LogP contribution in [0.3, 0.4) is 0 Å². The number of anilines is 1. The van der Waals surface area contributed by atoms with E-state index in [1.165, 1.54) is 44.9 Å². The van der Waals surface area contributed by atoms with Crippen LogP contribution in [0.2, 0.25) is 5.02 Å². The number of esters is 2. The number of amides is 2. The maximum atomic E-state index is 14.0. The first-order valence-electron chi connectivity index (χ1n) is 16.0. The van der Waals surface area contributed by atoms with Crippen LogP contribution in [0.15, 0.2) is 35.9 Å². The Kier molecular flexibility index (Phi) is 11.3. The van der Waals surface area contributed by atoms with Crippen molar-refractivity contribution >= 4 is 41.0 Å². The standard InChI is InChI=1S/C35H47ClN2O10/c1-19-11-10-12-27(45-9)35(43)17-26(46-30(41)18-35)20(2)32-34(5,48-32)28(47-33(42)21(3)37(6)22(4)39)16-29(40)38(7)24-14-23(13-19)15-25(44-8)31(24)36/h10-12,14-15,20-21,26-28,32,43H,13,16-18H2,1-9H3/b12-10+,19-11+/t20-,21+,26+,27-,28+,32+,34+,35-/m0/s1. The second kappa shape index (κ2) is 14.6. The van der Waals surface area contributed by atoms with Gasteiger partial charge in [-0.1, -0.05) is 42.3 Å². The molecule has 2 amide bonds. The molecule has 2 saturated heterocycles. The minimum absolute atomic E-state index is 0.0675. The molecule has 264 valence electrons. The summed E-state index contributed by atoms with van der Waals surface area (Å²) < 4.78 is 29.1. The number of fused-ring (bicyclic) bond motifs is 5. The first-order chi connectivity index (χ1) is 22.4. The number of likely N-dealkylation sites (N-methyl/N-ethyl adjacent to an activating group) is 1. The van der Waals surface area contributed by atoms with Gasteiger partial charge in [-0.15, -0.1) is 0 Å². The van der Waals surface area contributed by atoms with Crippen LogP contribution in [-0.4, -0.2) is 104 Å². The van der Waals surface area contributed by atoms with Crippen LogP contribution in [0.1, 0.15) is 59.4 Å². The molecular weight excluding hydrogens is 644 g/mol. The molecule has 0 aromatic heterocycles. The number of epoxide rings is 1. The van der Waals surface area contributed by atoms with Gasteiger partial charge in [-0.25, -0.2) is 4.79 Å². The Morgan fingerprint density at radius 2 is 1.92 bits per heavy atom. The molecule has 48 heavy (non-hydrogen) atoms. The summed E-state index contributed by atoms with van der Waals surface area (Å²) in [5.41, 5.74) is -0.560. The zero-order valence-electron chi connectivity index (χ0n) is 29.1. The number of carbonyl (C=O) groups is 4. The number of ether oxygens (including phenoxy) is 5. The monoisotopic (exact) mass is 690 g/mol.